The molecule has 6 nitrogen and oxygen atoms in total. The second-order valence-electron chi connectivity index (χ2n) is 3.09. The van der Waals surface area contributed by atoms with E-state index in [0.717, 1.165) is 0 Å². The number of aromatic nitrogens is 3. The Morgan fingerprint density at radius 2 is 2.44 bits per heavy atom. The summed E-state index contributed by atoms with van der Waals surface area (Å²) in [6, 6.07) is 1.75. The largest absolute Gasteiger partial charge is 0.460 e. The van der Waals surface area contributed by atoms with Gasteiger partial charge in [-0.1, -0.05) is 0 Å². The monoisotopic (exact) mass is 221 g/mol. The average Bonchev–Trinajstić information content (AvgIpc) is 2.85. The van der Waals surface area contributed by atoms with Gasteiger partial charge in [-0.2, -0.15) is 5.10 Å². The Hall–Kier alpha value is -2.11. The zero-order chi connectivity index (χ0) is 11.5. The van der Waals surface area contributed by atoms with Crippen molar-refractivity contribution < 1.29 is 13.9 Å². The Labute approximate surface area is 91.8 Å². The second kappa shape index (κ2) is 4.18. The van der Waals surface area contributed by atoms with Crippen LogP contribution in [-0.4, -0.2) is 27.3 Å². The normalized spacial score (nSPS) is 10.4. The van der Waals surface area contributed by atoms with E-state index in [-0.39, 0.29) is 5.76 Å². The molecule has 0 aliphatic heterocycles. The van der Waals surface area contributed by atoms with E-state index in [4.69, 9.17) is 9.15 Å². The lowest BCUT2D eigenvalue weighted by molar-refractivity contribution is 0.0491. The Bertz CT molecular complexity index is 501. The minimum absolute atomic E-state index is 0.102. The molecular formula is C10H11N3O3. The zero-order valence-electron chi connectivity index (χ0n) is 9.01. The minimum Gasteiger partial charge on any atom is -0.460 e. The number of carbonyl (C=O) groups excluding carboxylic acids is 1. The van der Waals surface area contributed by atoms with E-state index in [1.54, 1.807) is 30.9 Å². The molecule has 84 valence electrons. The van der Waals surface area contributed by atoms with Crippen LogP contribution < -0.4 is 0 Å². The topological polar surface area (TPSA) is 70.2 Å². The lowest BCUT2D eigenvalue weighted by atomic mass is 10.2. The van der Waals surface area contributed by atoms with Crippen molar-refractivity contribution in [3.05, 3.63) is 24.4 Å². The van der Waals surface area contributed by atoms with Gasteiger partial charge in [0.2, 0.25) is 5.76 Å². The summed E-state index contributed by atoms with van der Waals surface area (Å²) in [5.41, 5.74) is 1.15. The summed E-state index contributed by atoms with van der Waals surface area (Å²) in [6.07, 6.45) is 2.84. The van der Waals surface area contributed by atoms with Crippen LogP contribution in [0.3, 0.4) is 0 Å². The van der Waals surface area contributed by atoms with Crippen molar-refractivity contribution in [1.29, 1.82) is 0 Å². The molecule has 16 heavy (non-hydrogen) atoms. The standard InChI is InChI=1S/C10H11N3O3/c1-3-15-10(14)9-8(11-6-16-9)7-4-5-12-13(7)2/h4-6H,3H2,1-2H3. The van der Waals surface area contributed by atoms with Crippen LogP contribution in [0.25, 0.3) is 11.4 Å². The molecule has 2 aromatic rings. The highest BCUT2D eigenvalue weighted by atomic mass is 16.5. The third-order valence-electron chi connectivity index (χ3n) is 2.09. The van der Waals surface area contributed by atoms with Gasteiger partial charge in [-0.15, -0.1) is 0 Å². The van der Waals surface area contributed by atoms with Crippen molar-refractivity contribution >= 4 is 5.97 Å². The molecule has 6 heteroatoms. The summed E-state index contributed by atoms with van der Waals surface area (Å²) in [5, 5.41) is 4.00. The summed E-state index contributed by atoms with van der Waals surface area (Å²) < 4.78 is 11.5. The summed E-state index contributed by atoms with van der Waals surface area (Å²) in [4.78, 5) is 15.5. The number of oxazole rings is 1. The SMILES string of the molecule is CCOC(=O)c1ocnc1-c1ccnn1C. The highest BCUT2D eigenvalue weighted by molar-refractivity contribution is 5.92. The van der Waals surface area contributed by atoms with Crippen molar-refractivity contribution in [3.63, 3.8) is 0 Å². The number of carbonyl (C=O) groups is 1. The van der Waals surface area contributed by atoms with Gasteiger partial charge in [-0.05, 0) is 13.0 Å². The number of esters is 1. The Kier molecular flexibility index (Phi) is 2.72. The molecule has 0 N–H and O–H groups in total. The van der Waals surface area contributed by atoms with Crippen LogP contribution in [0.2, 0.25) is 0 Å². The minimum atomic E-state index is -0.517. The van der Waals surface area contributed by atoms with Gasteiger partial charge >= 0.3 is 5.97 Å². The molecule has 0 bridgehead atoms. The van der Waals surface area contributed by atoms with Gasteiger partial charge in [-0.25, -0.2) is 9.78 Å². The smallest absolute Gasteiger partial charge is 0.376 e. The van der Waals surface area contributed by atoms with E-state index in [1.807, 2.05) is 0 Å². The molecule has 0 saturated carbocycles. The van der Waals surface area contributed by atoms with Gasteiger partial charge in [0.05, 0.1) is 12.3 Å². The van der Waals surface area contributed by atoms with E-state index in [0.29, 0.717) is 18.0 Å². The van der Waals surface area contributed by atoms with Crippen molar-refractivity contribution in [2.24, 2.45) is 7.05 Å². The molecule has 0 saturated heterocycles. The second-order valence-corrected chi connectivity index (χ2v) is 3.09. The molecule has 0 atom stereocenters. The molecule has 2 heterocycles. The van der Waals surface area contributed by atoms with Gasteiger partial charge in [0.25, 0.3) is 0 Å². The van der Waals surface area contributed by atoms with Crippen molar-refractivity contribution in [2.45, 2.75) is 6.92 Å². The number of nitrogens with zero attached hydrogens (tertiary/aromatic N) is 3. The van der Waals surface area contributed by atoms with Crippen LogP contribution in [0, 0.1) is 0 Å². The first-order chi connectivity index (χ1) is 7.74. The van der Waals surface area contributed by atoms with E-state index in [9.17, 15) is 4.79 Å². The average molecular weight is 221 g/mol. The van der Waals surface area contributed by atoms with Crippen LogP contribution in [0.1, 0.15) is 17.5 Å². The Morgan fingerprint density at radius 1 is 1.62 bits per heavy atom. The molecule has 0 unspecified atom stereocenters. The molecule has 0 aliphatic rings. The molecule has 2 aromatic heterocycles. The molecular weight excluding hydrogens is 210 g/mol. The summed E-state index contributed by atoms with van der Waals surface area (Å²) in [6.45, 7) is 2.03. The van der Waals surface area contributed by atoms with Crippen molar-refractivity contribution in [3.8, 4) is 11.4 Å². The maximum absolute atomic E-state index is 11.5. The van der Waals surface area contributed by atoms with E-state index < -0.39 is 5.97 Å². The van der Waals surface area contributed by atoms with Crippen LogP contribution >= 0.6 is 0 Å². The van der Waals surface area contributed by atoms with Crippen LogP contribution in [0.5, 0.6) is 0 Å². The highest BCUT2D eigenvalue weighted by Gasteiger charge is 2.21. The third-order valence-corrected chi connectivity index (χ3v) is 2.09. The van der Waals surface area contributed by atoms with E-state index in [2.05, 4.69) is 10.1 Å². The predicted molar refractivity (Wildman–Crippen MR) is 54.7 cm³/mol. The first-order valence-electron chi connectivity index (χ1n) is 4.83. The first kappa shape index (κ1) is 10.4. The molecule has 0 aromatic carbocycles. The molecule has 0 aliphatic carbocycles. The van der Waals surface area contributed by atoms with E-state index in [1.165, 1.54) is 6.39 Å². The summed E-state index contributed by atoms with van der Waals surface area (Å²) in [7, 11) is 1.76. The quantitative estimate of drug-likeness (QED) is 0.729. The number of rotatable bonds is 3. The Morgan fingerprint density at radius 3 is 3.06 bits per heavy atom. The van der Waals surface area contributed by atoms with Gasteiger partial charge in [0.15, 0.2) is 6.39 Å². The fraction of sp³-hybridized carbons (Fsp3) is 0.300. The fourth-order valence-corrected chi connectivity index (χ4v) is 1.38. The lowest BCUT2D eigenvalue weighted by Crippen LogP contribution is -2.06. The van der Waals surface area contributed by atoms with Gasteiger partial charge < -0.3 is 9.15 Å². The Balaban J connectivity index is 2.40. The van der Waals surface area contributed by atoms with Crippen LogP contribution in [-0.2, 0) is 11.8 Å². The molecule has 0 fully saturated rings. The number of hydrogen-bond donors (Lipinski definition) is 0. The first-order valence-corrected chi connectivity index (χ1v) is 4.83. The van der Waals surface area contributed by atoms with Crippen LogP contribution in [0.4, 0.5) is 0 Å². The fourth-order valence-electron chi connectivity index (χ4n) is 1.38. The molecule has 2 rings (SSSR count). The van der Waals surface area contributed by atoms with Gasteiger partial charge in [0.1, 0.15) is 5.69 Å². The van der Waals surface area contributed by atoms with Gasteiger partial charge in [-0.3, -0.25) is 4.68 Å². The number of hydrogen-bond acceptors (Lipinski definition) is 5. The maximum Gasteiger partial charge on any atom is 0.376 e. The highest BCUT2D eigenvalue weighted by Crippen LogP contribution is 2.21. The summed E-state index contributed by atoms with van der Waals surface area (Å²) >= 11 is 0. The molecule has 0 radical (unpaired) electrons. The van der Waals surface area contributed by atoms with Crippen molar-refractivity contribution in [2.75, 3.05) is 6.61 Å². The predicted octanol–water partition coefficient (Wildman–Crippen LogP) is 1.25. The van der Waals surface area contributed by atoms with Gasteiger partial charge in [0, 0.05) is 13.2 Å². The van der Waals surface area contributed by atoms with Crippen molar-refractivity contribution in [1.82, 2.24) is 14.8 Å². The summed E-state index contributed by atoms with van der Waals surface area (Å²) in [5.74, 6) is -0.415. The number of ether oxygens (including phenoxy) is 1. The van der Waals surface area contributed by atoms with E-state index >= 15 is 0 Å². The third kappa shape index (κ3) is 1.69. The van der Waals surface area contributed by atoms with Crippen LogP contribution in [0.15, 0.2) is 23.1 Å². The lowest BCUT2D eigenvalue weighted by Gasteiger charge is -2.01. The molecule has 0 spiro atoms. The zero-order valence-corrected chi connectivity index (χ0v) is 9.01. The number of aryl methyl sites for hydroxylation is 1. The maximum atomic E-state index is 11.5. The molecule has 0 amide bonds.